The number of ether oxygens (including phenoxy) is 1. The van der Waals surface area contributed by atoms with Gasteiger partial charge in [0.15, 0.2) is 5.78 Å². The van der Waals surface area contributed by atoms with Crippen LogP contribution in [0, 0.1) is 0 Å². The molecule has 3 nitrogen and oxygen atoms in total. The third-order valence-corrected chi connectivity index (χ3v) is 2.90. The van der Waals surface area contributed by atoms with Gasteiger partial charge in [0.1, 0.15) is 6.10 Å². The highest BCUT2D eigenvalue weighted by Crippen LogP contribution is 2.20. The van der Waals surface area contributed by atoms with Crippen LogP contribution in [0.25, 0.3) is 10.8 Å². The van der Waals surface area contributed by atoms with Crippen molar-refractivity contribution in [3.8, 4) is 0 Å². The van der Waals surface area contributed by atoms with E-state index < -0.39 is 0 Å². The van der Waals surface area contributed by atoms with E-state index in [0.29, 0.717) is 12.0 Å². The van der Waals surface area contributed by atoms with Crippen molar-refractivity contribution in [3.63, 3.8) is 0 Å². The summed E-state index contributed by atoms with van der Waals surface area (Å²) in [5, 5.41) is 1.91. The Kier molecular flexibility index (Phi) is 3.49. The van der Waals surface area contributed by atoms with Crippen LogP contribution in [0.4, 0.5) is 0 Å². The minimum atomic E-state index is -0.374. The number of benzene rings is 1. The lowest BCUT2D eigenvalue weighted by atomic mass is 9.99. The molecular weight excluding hydrogens is 214 g/mol. The summed E-state index contributed by atoms with van der Waals surface area (Å²) in [6.45, 7) is 1.94. The molecule has 1 aromatic carbocycles. The standard InChI is InChI=1S/C14H15NO2/c1-3-13(17-2)14(16)11-6-4-5-10-7-8-15-9-12(10)11/h4-9,13H,3H2,1-2H3. The van der Waals surface area contributed by atoms with Gasteiger partial charge in [0.25, 0.3) is 0 Å². The Balaban J connectivity index is 2.52. The average Bonchev–Trinajstić information content (AvgIpc) is 2.39. The lowest BCUT2D eigenvalue weighted by Gasteiger charge is -2.13. The maximum absolute atomic E-state index is 12.3. The van der Waals surface area contributed by atoms with Crippen molar-refractivity contribution < 1.29 is 9.53 Å². The first-order chi connectivity index (χ1) is 8.27. The summed E-state index contributed by atoms with van der Waals surface area (Å²) in [7, 11) is 1.56. The first-order valence-corrected chi connectivity index (χ1v) is 5.67. The van der Waals surface area contributed by atoms with E-state index in [-0.39, 0.29) is 11.9 Å². The predicted octanol–water partition coefficient (Wildman–Crippen LogP) is 2.84. The van der Waals surface area contributed by atoms with Gasteiger partial charge in [-0.2, -0.15) is 0 Å². The van der Waals surface area contributed by atoms with E-state index in [2.05, 4.69) is 4.98 Å². The van der Waals surface area contributed by atoms with Crippen molar-refractivity contribution >= 4 is 16.6 Å². The lowest BCUT2D eigenvalue weighted by Crippen LogP contribution is -2.22. The molecule has 0 spiro atoms. The molecule has 0 radical (unpaired) electrons. The molecule has 0 fully saturated rings. The van der Waals surface area contributed by atoms with Crippen molar-refractivity contribution in [2.75, 3.05) is 7.11 Å². The minimum Gasteiger partial charge on any atom is -0.373 e. The quantitative estimate of drug-likeness (QED) is 0.757. The number of hydrogen-bond acceptors (Lipinski definition) is 3. The van der Waals surface area contributed by atoms with Gasteiger partial charge >= 0.3 is 0 Å². The zero-order valence-electron chi connectivity index (χ0n) is 10.0. The van der Waals surface area contributed by atoms with E-state index >= 15 is 0 Å². The van der Waals surface area contributed by atoms with Crippen molar-refractivity contribution in [1.29, 1.82) is 0 Å². The van der Waals surface area contributed by atoms with Crippen LogP contribution < -0.4 is 0 Å². The SMILES string of the molecule is CCC(OC)C(=O)c1cccc2ccncc12. The number of Topliss-reactive ketones (excluding diaryl/α,β-unsaturated/α-hetero) is 1. The fourth-order valence-corrected chi connectivity index (χ4v) is 1.96. The summed E-state index contributed by atoms with van der Waals surface area (Å²) >= 11 is 0. The van der Waals surface area contributed by atoms with Crippen LogP contribution >= 0.6 is 0 Å². The van der Waals surface area contributed by atoms with Gasteiger partial charge in [-0.15, -0.1) is 0 Å². The number of carbonyl (C=O) groups is 1. The molecule has 0 aliphatic carbocycles. The molecule has 88 valence electrons. The first kappa shape index (κ1) is 11.7. The van der Waals surface area contributed by atoms with Gasteiger partial charge in [0.2, 0.25) is 0 Å². The fourth-order valence-electron chi connectivity index (χ4n) is 1.96. The zero-order valence-corrected chi connectivity index (χ0v) is 10.0. The van der Waals surface area contributed by atoms with Crippen LogP contribution in [0.5, 0.6) is 0 Å². The topological polar surface area (TPSA) is 39.2 Å². The van der Waals surface area contributed by atoms with E-state index in [1.165, 1.54) is 0 Å². The molecule has 0 saturated carbocycles. The van der Waals surface area contributed by atoms with Gasteiger partial charge in [-0.1, -0.05) is 25.1 Å². The molecular formula is C14H15NO2. The van der Waals surface area contributed by atoms with Crippen LogP contribution in [-0.4, -0.2) is 24.0 Å². The Bertz CT molecular complexity index is 527. The Hall–Kier alpha value is -1.74. The highest BCUT2D eigenvalue weighted by molar-refractivity contribution is 6.09. The molecule has 1 unspecified atom stereocenters. The molecule has 17 heavy (non-hydrogen) atoms. The number of pyridine rings is 1. The molecule has 0 amide bonds. The zero-order chi connectivity index (χ0) is 12.3. The molecule has 1 heterocycles. The van der Waals surface area contributed by atoms with Crippen LogP contribution in [-0.2, 0) is 4.74 Å². The van der Waals surface area contributed by atoms with Gasteiger partial charge in [0.05, 0.1) is 0 Å². The third-order valence-electron chi connectivity index (χ3n) is 2.90. The van der Waals surface area contributed by atoms with E-state index in [0.717, 1.165) is 10.8 Å². The second-order valence-electron chi connectivity index (χ2n) is 3.90. The molecule has 0 aliphatic rings. The number of methoxy groups -OCH3 is 1. The minimum absolute atomic E-state index is 0.0219. The van der Waals surface area contributed by atoms with E-state index in [9.17, 15) is 4.79 Å². The molecule has 3 heteroatoms. The molecule has 0 bridgehead atoms. The van der Waals surface area contributed by atoms with Gasteiger partial charge < -0.3 is 4.74 Å². The number of ketones is 1. The Morgan fingerprint density at radius 3 is 2.94 bits per heavy atom. The van der Waals surface area contributed by atoms with E-state index in [4.69, 9.17) is 4.74 Å². The second-order valence-corrected chi connectivity index (χ2v) is 3.90. The summed E-state index contributed by atoms with van der Waals surface area (Å²) in [6.07, 6.45) is 3.75. The summed E-state index contributed by atoms with van der Waals surface area (Å²) in [4.78, 5) is 16.3. The van der Waals surface area contributed by atoms with Crippen molar-refractivity contribution in [2.45, 2.75) is 19.4 Å². The Morgan fingerprint density at radius 1 is 1.41 bits per heavy atom. The second kappa shape index (κ2) is 5.06. The summed E-state index contributed by atoms with van der Waals surface area (Å²) in [5.41, 5.74) is 0.685. The van der Waals surface area contributed by atoms with Crippen LogP contribution in [0.3, 0.4) is 0 Å². The summed E-state index contributed by atoms with van der Waals surface area (Å²) < 4.78 is 5.19. The molecule has 2 aromatic rings. The number of hydrogen-bond donors (Lipinski definition) is 0. The van der Waals surface area contributed by atoms with Crippen molar-refractivity contribution in [3.05, 3.63) is 42.2 Å². The van der Waals surface area contributed by atoms with Gasteiger partial charge in [-0.05, 0) is 17.9 Å². The molecule has 1 aromatic heterocycles. The summed E-state index contributed by atoms with van der Waals surface area (Å²) in [6, 6.07) is 7.59. The average molecular weight is 229 g/mol. The van der Waals surface area contributed by atoms with Crippen molar-refractivity contribution in [2.24, 2.45) is 0 Å². The molecule has 0 aliphatic heterocycles. The predicted molar refractivity (Wildman–Crippen MR) is 67.2 cm³/mol. The summed E-state index contributed by atoms with van der Waals surface area (Å²) in [5.74, 6) is 0.0219. The van der Waals surface area contributed by atoms with E-state index in [1.54, 1.807) is 19.5 Å². The van der Waals surface area contributed by atoms with Crippen LogP contribution in [0.1, 0.15) is 23.7 Å². The number of rotatable bonds is 4. The third kappa shape index (κ3) is 2.19. The highest BCUT2D eigenvalue weighted by atomic mass is 16.5. The number of fused-ring (bicyclic) bond motifs is 1. The normalized spacial score (nSPS) is 12.6. The van der Waals surface area contributed by atoms with Crippen LogP contribution in [0.2, 0.25) is 0 Å². The Morgan fingerprint density at radius 2 is 2.24 bits per heavy atom. The number of aromatic nitrogens is 1. The lowest BCUT2D eigenvalue weighted by molar-refractivity contribution is 0.0597. The molecule has 0 saturated heterocycles. The monoisotopic (exact) mass is 229 g/mol. The number of nitrogens with zero attached hydrogens (tertiary/aromatic N) is 1. The van der Waals surface area contributed by atoms with Gasteiger partial charge in [0, 0.05) is 30.5 Å². The maximum Gasteiger partial charge on any atom is 0.192 e. The molecule has 2 rings (SSSR count). The Labute approximate surface area is 100 Å². The first-order valence-electron chi connectivity index (χ1n) is 5.67. The molecule has 0 N–H and O–H groups in total. The van der Waals surface area contributed by atoms with Gasteiger partial charge in [-0.25, -0.2) is 0 Å². The smallest absolute Gasteiger partial charge is 0.192 e. The molecule has 1 atom stereocenters. The maximum atomic E-state index is 12.3. The van der Waals surface area contributed by atoms with Crippen molar-refractivity contribution in [1.82, 2.24) is 4.98 Å². The number of carbonyl (C=O) groups excluding carboxylic acids is 1. The fraction of sp³-hybridized carbons (Fsp3) is 0.286. The van der Waals surface area contributed by atoms with Gasteiger partial charge in [-0.3, -0.25) is 9.78 Å². The highest BCUT2D eigenvalue weighted by Gasteiger charge is 2.19. The van der Waals surface area contributed by atoms with Crippen LogP contribution in [0.15, 0.2) is 36.7 Å². The largest absolute Gasteiger partial charge is 0.373 e. The van der Waals surface area contributed by atoms with E-state index in [1.807, 2.05) is 31.2 Å².